The highest BCUT2D eigenvalue weighted by Crippen LogP contribution is 2.11. The highest BCUT2D eigenvalue weighted by atomic mass is 32.1. The zero-order valence-corrected chi connectivity index (χ0v) is 9.87. The van der Waals surface area contributed by atoms with E-state index in [1.165, 1.54) is 0 Å². The Bertz CT molecular complexity index is 438. The summed E-state index contributed by atoms with van der Waals surface area (Å²) < 4.78 is 1.77. The molecular formula is C10H14N4OS. The third-order valence-corrected chi connectivity index (χ3v) is 2.78. The molecular weight excluding hydrogens is 224 g/mol. The van der Waals surface area contributed by atoms with E-state index in [0.29, 0.717) is 13.1 Å². The maximum absolute atomic E-state index is 8.91. The lowest BCUT2D eigenvalue weighted by Gasteiger charge is -2.06. The van der Waals surface area contributed by atoms with Crippen molar-refractivity contribution in [3.63, 3.8) is 0 Å². The molecule has 2 rings (SSSR count). The SMILES string of the molecule is Cc1cc(NCc2cscn2)n(CCO)n1. The van der Waals surface area contributed by atoms with Crippen LogP contribution in [-0.4, -0.2) is 26.5 Å². The summed E-state index contributed by atoms with van der Waals surface area (Å²) in [6.45, 7) is 3.21. The number of rotatable bonds is 5. The molecule has 6 heteroatoms. The second kappa shape index (κ2) is 5.09. The topological polar surface area (TPSA) is 63.0 Å². The molecule has 0 bridgehead atoms. The summed E-state index contributed by atoms with van der Waals surface area (Å²) in [4.78, 5) is 4.19. The van der Waals surface area contributed by atoms with Crippen LogP contribution in [0.1, 0.15) is 11.4 Å². The molecule has 0 amide bonds. The minimum Gasteiger partial charge on any atom is -0.394 e. The van der Waals surface area contributed by atoms with Crippen LogP contribution in [0, 0.1) is 6.92 Å². The highest BCUT2D eigenvalue weighted by Gasteiger charge is 2.04. The maximum Gasteiger partial charge on any atom is 0.124 e. The predicted octanol–water partition coefficient (Wildman–Crippen LogP) is 1.25. The molecule has 0 radical (unpaired) electrons. The molecule has 86 valence electrons. The van der Waals surface area contributed by atoms with Gasteiger partial charge in [0.25, 0.3) is 0 Å². The zero-order chi connectivity index (χ0) is 11.4. The molecule has 0 saturated carbocycles. The van der Waals surface area contributed by atoms with Crippen LogP contribution in [0.4, 0.5) is 5.82 Å². The van der Waals surface area contributed by atoms with Crippen molar-refractivity contribution < 1.29 is 5.11 Å². The molecule has 0 fully saturated rings. The summed E-state index contributed by atoms with van der Waals surface area (Å²) in [5.74, 6) is 0.916. The Labute approximate surface area is 97.8 Å². The number of hydrogen-bond donors (Lipinski definition) is 2. The highest BCUT2D eigenvalue weighted by molar-refractivity contribution is 7.07. The minimum absolute atomic E-state index is 0.0898. The molecule has 0 aliphatic carbocycles. The molecule has 0 atom stereocenters. The zero-order valence-electron chi connectivity index (χ0n) is 9.05. The molecule has 0 aliphatic rings. The van der Waals surface area contributed by atoms with Crippen molar-refractivity contribution in [3.05, 3.63) is 28.3 Å². The lowest BCUT2D eigenvalue weighted by atomic mass is 10.4. The summed E-state index contributed by atoms with van der Waals surface area (Å²) in [7, 11) is 0. The van der Waals surface area contributed by atoms with Crippen molar-refractivity contribution in [2.75, 3.05) is 11.9 Å². The van der Waals surface area contributed by atoms with Gasteiger partial charge in [-0.3, -0.25) is 0 Å². The van der Waals surface area contributed by atoms with E-state index in [2.05, 4.69) is 15.4 Å². The first kappa shape index (κ1) is 11.1. The van der Waals surface area contributed by atoms with Crippen LogP contribution in [0.2, 0.25) is 0 Å². The lowest BCUT2D eigenvalue weighted by Crippen LogP contribution is -2.10. The van der Waals surface area contributed by atoms with Crippen molar-refractivity contribution in [2.45, 2.75) is 20.0 Å². The second-order valence-electron chi connectivity index (χ2n) is 3.45. The molecule has 2 aromatic heterocycles. The molecule has 2 heterocycles. The van der Waals surface area contributed by atoms with Crippen molar-refractivity contribution in [3.8, 4) is 0 Å². The van der Waals surface area contributed by atoms with Gasteiger partial charge in [0.15, 0.2) is 0 Å². The third-order valence-electron chi connectivity index (χ3n) is 2.15. The Morgan fingerprint density at radius 3 is 3.12 bits per heavy atom. The first-order valence-electron chi connectivity index (χ1n) is 5.06. The fourth-order valence-corrected chi connectivity index (χ4v) is 2.02. The standard InChI is InChI=1S/C10H14N4OS/c1-8-4-10(14(13-8)2-3-15)11-5-9-6-16-7-12-9/h4,6-7,11,15H,2-3,5H2,1H3. The van der Waals surface area contributed by atoms with Gasteiger partial charge in [-0.25, -0.2) is 9.67 Å². The number of nitrogens with one attached hydrogen (secondary N) is 1. The van der Waals surface area contributed by atoms with Crippen molar-refractivity contribution in [2.24, 2.45) is 0 Å². The summed E-state index contributed by atoms with van der Waals surface area (Å²) in [5.41, 5.74) is 3.77. The van der Waals surface area contributed by atoms with Gasteiger partial charge in [-0.15, -0.1) is 11.3 Å². The first-order chi connectivity index (χ1) is 7.79. The summed E-state index contributed by atoms with van der Waals surface area (Å²) in [6.07, 6.45) is 0. The largest absolute Gasteiger partial charge is 0.394 e. The number of hydrogen-bond acceptors (Lipinski definition) is 5. The number of aliphatic hydroxyl groups excluding tert-OH is 1. The van der Waals surface area contributed by atoms with E-state index in [4.69, 9.17) is 5.11 Å². The Kier molecular flexibility index (Phi) is 3.53. The van der Waals surface area contributed by atoms with Gasteiger partial charge in [-0.05, 0) is 6.92 Å². The third kappa shape index (κ3) is 2.59. The number of anilines is 1. The maximum atomic E-state index is 8.91. The number of aryl methyl sites for hydroxylation is 1. The molecule has 0 unspecified atom stereocenters. The molecule has 0 aliphatic heterocycles. The van der Waals surface area contributed by atoms with Gasteiger partial charge < -0.3 is 10.4 Å². The van der Waals surface area contributed by atoms with E-state index in [9.17, 15) is 0 Å². The van der Waals surface area contributed by atoms with E-state index in [0.717, 1.165) is 17.2 Å². The fraction of sp³-hybridized carbons (Fsp3) is 0.400. The average Bonchev–Trinajstić information content (AvgIpc) is 2.86. The molecule has 0 spiro atoms. The molecule has 2 aromatic rings. The molecule has 2 N–H and O–H groups in total. The smallest absolute Gasteiger partial charge is 0.124 e. The van der Waals surface area contributed by atoms with E-state index in [-0.39, 0.29) is 6.61 Å². The molecule has 5 nitrogen and oxygen atoms in total. The normalized spacial score (nSPS) is 10.6. The fourth-order valence-electron chi connectivity index (χ4n) is 1.46. The van der Waals surface area contributed by atoms with E-state index >= 15 is 0 Å². The van der Waals surface area contributed by atoms with E-state index in [1.807, 2.05) is 23.9 Å². The Hall–Kier alpha value is -1.40. The Balaban J connectivity index is 2.02. The van der Waals surface area contributed by atoms with Gasteiger partial charge in [0.05, 0.1) is 36.6 Å². The number of aliphatic hydroxyl groups is 1. The van der Waals surface area contributed by atoms with Crippen molar-refractivity contribution in [1.82, 2.24) is 14.8 Å². The summed E-state index contributed by atoms with van der Waals surface area (Å²) in [5, 5.41) is 18.4. The van der Waals surface area contributed by atoms with Gasteiger partial charge in [-0.2, -0.15) is 5.10 Å². The van der Waals surface area contributed by atoms with Crippen LogP contribution in [0.5, 0.6) is 0 Å². The van der Waals surface area contributed by atoms with Gasteiger partial charge in [0.1, 0.15) is 5.82 Å². The lowest BCUT2D eigenvalue weighted by molar-refractivity contribution is 0.270. The monoisotopic (exact) mass is 238 g/mol. The second-order valence-corrected chi connectivity index (χ2v) is 4.17. The minimum atomic E-state index is 0.0898. The van der Waals surface area contributed by atoms with Crippen LogP contribution in [0.25, 0.3) is 0 Å². The predicted molar refractivity (Wildman–Crippen MR) is 63.5 cm³/mol. The molecule has 0 saturated heterocycles. The Morgan fingerprint density at radius 1 is 1.56 bits per heavy atom. The first-order valence-corrected chi connectivity index (χ1v) is 6.00. The molecule has 16 heavy (non-hydrogen) atoms. The van der Waals surface area contributed by atoms with E-state index < -0.39 is 0 Å². The number of thiazole rings is 1. The number of aromatic nitrogens is 3. The van der Waals surface area contributed by atoms with E-state index in [1.54, 1.807) is 16.0 Å². The van der Waals surface area contributed by atoms with Crippen molar-refractivity contribution >= 4 is 17.2 Å². The molecule has 0 aromatic carbocycles. The van der Waals surface area contributed by atoms with Gasteiger partial charge in [-0.1, -0.05) is 0 Å². The summed E-state index contributed by atoms with van der Waals surface area (Å²) in [6, 6.07) is 1.96. The Morgan fingerprint density at radius 2 is 2.44 bits per heavy atom. The summed E-state index contributed by atoms with van der Waals surface area (Å²) >= 11 is 1.58. The average molecular weight is 238 g/mol. The number of nitrogens with zero attached hydrogens (tertiary/aromatic N) is 3. The van der Waals surface area contributed by atoms with Gasteiger partial charge in [0, 0.05) is 11.4 Å². The van der Waals surface area contributed by atoms with Crippen LogP contribution in [0.15, 0.2) is 17.0 Å². The quantitative estimate of drug-likeness (QED) is 0.823. The van der Waals surface area contributed by atoms with Gasteiger partial charge >= 0.3 is 0 Å². The van der Waals surface area contributed by atoms with Crippen molar-refractivity contribution in [1.29, 1.82) is 0 Å². The van der Waals surface area contributed by atoms with Crippen LogP contribution in [-0.2, 0) is 13.1 Å². The van der Waals surface area contributed by atoms with Crippen LogP contribution >= 0.6 is 11.3 Å². The van der Waals surface area contributed by atoms with Gasteiger partial charge in [0.2, 0.25) is 0 Å². The van der Waals surface area contributed by atoms with Crippen LogP contribution in [0.3, 0.4) is 0 Å². The van der Waals surface area contributed by atoms with Crippen LogP contribution < -0.4 is 5.32 Å².